The van der Waals surface area contributed by atoms with Gasteiger partial charge in [-0.3, -0.25) is 9.59 Å². The first-order valence-electron chi connectivity index (χ1n) is 20.5. The standard InChI is InChI=1S/C48H48N2O6.C2H6/c1-5-9-29-49-43(37-17-13-11-14-18-37)41(47(53)55-7-3)39(45(49)51)31-33-21-25-35(26-22-33)36-27-23-34(24-28-36)32-40-42(48(54)56-8-4)44(38-19-15-12-16-20-38)50(46(40)52)30-10-6-2;1-2/h11-28,31-32H,5-10,29-30H2,1-4H3;1-2H3/b39-31-,40-32-;. The molecule has 58 heavy (non-hydrogen) atoms. The topological polar surface area (TPSA) is 93.2 Å². The van der Waals surface area contributed by atoms with Crippen molar-refractivity contribution >= 4 is 47.3 Å². The summed E-state index contributed by atoms with van der Waals surface area (Å²) < 4.78 is 11.0. The number of benzene rings is 4. The molecular weight excluding hydrogens is 725 g/mol. The van der Waals surface area contributed by atoms with E-state index >= 15 is 0 Å². The largest absolute Gasteiger partial charge is 0.462 e. The minimum absolute atomic E-state index is 0.192. The van der Waals surface area contributed by atoms with Crippen molar-refractivity contribution in [3.63, 3.8) is 0 Å². The average molecular weight is 779 g/mol. The Morgan fingerprint density at radius 1 is 0.500 bits per heavy atom. The zero-order chi connectivity index (χ0) is 41.6. The molecule has 6 rings (SSSR count). The molecule has 0 saturated carbocycles. The van der Waals surface area contributed by atoms with Gasteiger partial charge in [0.05, 0.1) is 46.9 Å². The minimum Gasteiger partial charge on any atom is -0.462 e. The molecule has 2 heterocycles. The minimum atomic E-state index is -0.522. The lowest BCUT2D eigenvalue weighted by molar-refractivity contribution is -0.139. The number of esters is 2. The van der Waals surface area contributed by atoms with Crippen molar-refractivity contribution in [2.45, 2.75) is 67.2 Å². The van der Waals surface area contributed by atoms with Crippen molar-refractivity contribution in [3.05, 3.63) is 154 Å². The van der Waals surface area contributed by atoms with Gasteiger partial charge in [0.15, 0.2) is 0 Å². The second-order valence-electron chi connectivity index (χ2n) is 13.6. The Morgan fingerprint density at radius 3 is 1.16 bits per heavy atom. The summed E-state index contributed by atoms with van der Waals surface area (Å²) in [5.41, 5.74) is 7.33. The average Bonchev–Trinajstić information content (AvgIpc) is 3.69. The molecule has 0 unspecified atom stereocenters. The molecule has 8 nitrogen and oxygen atoms in total. The molecule has 4 aromatic rings. The molecule has 4 aromatic carbocycles. The summed E-state index contributed by atoms with van der Waals surface area (Å²) in [7, 11) is 0. The summed E-state index contributed by atoms with van der Waals surface area (Å²) in [6, 6.07) is 34.6. The van der Waals surface area contributed by atoms with Crippen molar-refractivity contribution in [3.8, 4) is 11.1 Å². The second kappa shape index (κ2) is 20.8. The first-order valence-corrected chi connectivity index (χ1v) is 20.5. The van der Waals surface area contributed by atoms with Crippen LogP contribution < -0.4 is 0 Å². The molecule has 0 radical (unpaired) electrons. The molecule has 2 aliphatic rings. The van der Waals surface area contributed by atoms with E-state index in [9.17, 15) is 19.2 Å². The van der Waals surface area contributed by atoms with Gasteiger partial charge in [-0.15, -0.1) is 0 Å². The van der Waals surface area contributed by atoms with Crippen molar-refractivity contribution < 1.29 is 28.7 Å². The third-order valence-corrected chi connectivity index (χ3v) is 9.80. The lowest BCUT2D eigenvalue weighted by Gasteiger charge is -2.20. The zero-order valence-electron chi connectivity index (χ0n) is 34.5. The molecule has 300 valence electrons. The fourth-order valence-corrected chi connectivity index (χ4v) is 7.05. The molecule has 0 bridgehead atoms. The van der Waals surface area contributed by atoms with E-state index in [1.54, 1.807) is 35.8 Å². The van der Waals surface area contributed by atoms with E-state index in [0.29, 0.717) is 35.6 Å². The summed E-state index contributed by atoms with van der Waals surface area (Å²) in [6.07, 6.45) is 6.92. The summed E-state index contributed by atoms with van der Waals surface area (Å²) in [4.78, 5) is 58.3. The van der Waals surface area contributed by atoms with E-state index in [2.05, 4.69) is 13.8 Å². The summed E-state index contributed by atoms with van der Waals surface area (Å²) >= 11 is 0. The fourth-order valence-electron chi connectivity index (χ4n) is 7.05. The molecule has 2 aliphatic heterocycles. The quantitative estimate of drug-likeness (QED) is 0.0881. The van der Waals surface area contributed by atoms with Gasteiger partial charge >= 0.3 is 11.9 Å². The van der Waals surface area contributed by atoms with Crippen LogP contribution in [0.3, 0.4) is 0 Å². The van der Waals surface area contributed by atoms with Crippen molar-refractivity contribution in [1.29, 1.82) is 0 Å². The van der Waals surface area contributed by atoms with E-state index in [4.69, 9.17) is 9.47 Å². The molecule has 0 aliphatic carbocycles. The van der Waals surface area contributed by atoms with Gasteiger partial charge in [-0.25, -0.2) is 9.59 Å². The van der Waals surface area contributed by atoms with Crippen LogP contribution in [0.25, 0.3) is 34.7 Å². The van der Waals surface area contributed by atoms with Gasteiger partial charge in [-0.2, -0.15) is 0 Å². The monoisotopic (exact) mass is 778 g/mol. The van der Waals surface area contributed by atoms with Gasteiger partial charge < -0.3 is 19.3 Å². The summed E-state index contributed by atoms with van der Waals surface area (Å²) in [5.74, 6) is -1.49. The van der Waals surface area contributed by atoms with Crippen molar-refractivity contribution in [2.24, 2.45) is 0 Å². The van der Waals surface area contributed by atoms with E-state index in [-0.39, 0.29) is 36.2 Å². The van der Waals surface area contributed by atoms with Crippen LogP contribution >= 0.6 is 0 Å². The maximum Gasteiger partial charge on any atom is 0.341 e. The fraction of sp³-hybridized carbons (Fsp3) is 0.280. The van der Waals surface area contributed by atoms with Crippen molar-refractivity contribution in [2.75, 3.05) is 26.3 Å². The highest BCUT2D eigenvalue weighted by atomic mass is 16.5. The van der Waals surface area contributed by atoms with Gasteiger partial charge in [0.25, 0.3) is 11.8 Å². The lowest BCUT2D eigenvalue weighted by atomic mass is 9.98. The summed E-state index contributed by atoms with van der Waals surface area (Å²) in [5, 5.41) is 0. The molecule has 0 spiro atoms. The SMILES string of the molecule is CC.CCCCN1C(=O)/C(=C\c2ccc(-c3ccc(/C=C4\C(=O)N(CCCC)C(c5ccccc5)=C4C(=O)OCC)cc3)cc2)C(C(=O)OCC)=C1c1ccccc1. The third-order valence-electron chi connectivity index (χ3n) is 9.80. The molecule has 0 N–H and O–H groups in total. The molecule has 0 saturated heterocycles. The molecule has 0 fully saturated rings. The van der Waals surface area contributed by atoms with Gasteiger partial charge in [0.2, 0.25) is 0 Å². The molecule has 0 atom stereocenters. The Labute approximate surface area is 343 Å². The number of unbranched alkanes of at least 4 members (excludes halogenated alkanes) is 2. The number of hydrogen-bond acceptors (Lipinski definition) is 6. The second-order valence-corrected chi connectivity index (χ2v) is 13.6. The van der Waals surface area contributed by atoms with Crippen LogP contribution in [0.4, 0.5) is 0 Å². The van der Waals surface area contributed by atoms with Crippen LogP contribution in [-0.4, -0.2) is 59.9 Å². The highest BCUT2D eigenvalue weighted by Gasteiger charge is 2.41. The zero-order valence-corrected chi connectivity index (χ0v) is 34.5. The number of amides is 2. The first-order chi connectivity index (χ1) is 28.3. The van der Waals surface area contributed by atoms with Crippen LogP contribution in [0.15, 0.2) is 131 Å². The third kappa shape index (κ3) is 9.46. The smallest absolute Gasteiger partial charge is 0.341 e. The van der Waals surface area contributed by atoms with E-state index < -0.39 is 11.9 Å². The maximum absolute atomic E-state index is 14.0. The molecule has 8 heteroatoms. The van der Waals surface area contributed by atoms with Crippen LogP contribution in [0, 0.1) is 0 Å². The highest BCUT2D eigenvalue weighted by molar-refractivity contribution is 6.24. The predicted molar refractivity (Wildman–Crippen MR) is 232 cm³/mol. The number of carbonyl (C=O) groups is 4. The first kappa shape index (κ1) is 42.9. The van der Waals surface area contributed by atoms with Gasteiger partial charge in [-0.05, 0) is 72.2 Å². The number of carbonyl (C=O) groups excluding carboxylic acids is 4. The Kier molecular flexibility index (Phi) is 15.3. The van der Waals surface area contributed by atoms with Crippen molar-refractivity contribution in [1.82, 2.24) is 9.80 Å². The Bertz CT molecular complexity index is 2040. The molecule has 2 amide bonds. The van der Waals surface area contributed by atoms with Crippen LogP contribution in [0.2, 0.25) is 0 Å². The van der Waals surface area contributed by atoms with Crippen LogP contribution in [0.1, 0.15) is 89.5 Å². The number of nitrogens with zero attached hydrogens (tertiary/aromatic N) is 2. The van der Waals surface area contributed by atoms with Gasteiger partial charge in [0, 0.05) is 13.1 Å². The Hall–Kier alpha value is -6.28. The highest BCUT2D eigenvalue weighted by Crippen LogP contribution is 2.40. The lowest BCUT2D eigenvalue weighted by Crippen LogP contribution is -2.26. The molecular formula is C50H54N2O6. The van der Waals surface area contributed by atoms with Crippen LogP contribution in [0.5, 0.6) is 0 Å². The van der Waals surface area contributed by atoms with Gasteiger partial charge in [-0.1, -0.05) is 150 Å². The van der Waals surface area contributed by atoms with E-state index in [1.807, 2.05) is 123 Å². The van der Waals surface area contributed by atoms with E-state index in [0.717, 1.165) is 59.1 Å². The Balaban J connectivity index is 0.00000315. The van der Waals surface area contributed by atoms with Gasteiger partial charge in [0.1, 0.15) is 0 Å². The number of ether oxygens (including phenoxy) is 2. The number of rotatable bonds is 15. The Morgan fingerprint density at radius 2 is 0.845 bits per heavy atom. The maximum atomic E-state index is 14.0. The number of hydrogen-bond donors (Lipinski definition) is 0. The predicted octanol–water partition coefficient (Wildman–Crippen LogP) is 10.4. The normalized spacial score (nSPS) is 15.3. The molecule has 0 aromatic heterocycles. The summed E-state index contributed by atoms with van der Waals surface area (Å²) in [6.45, 7) is 13.0. The van der Waals surface area contributed by atoms with Crippen LogP contribution in [-0.2, 0) is 28.7 Å². The van der Waals surface area contributed by atoms with E-state index in [1.165, 1.54) is 0 Å².